The smallest absolute Gasteiger partial charge is 0.240 e. The first-order valence-corrected chi connectivity index (χ1v) is 6.92. The van der Waals surface area contributed by atoms with Gasteiger partial charge in [-0.3, -0.25) is 0 Å². The Kier molecular flexibility index (Phi) is 7.39. The Hall–Kier alpha value is -0.690. The summed E-state index contributed by atoms with van der Waals surface area (Å²) in [5.74, 6) is -0.519. The van der Waals surface area contributed by atoms with Crippen LogP contribution in [0, 0.1) is 12.7 Å². The van der Waals surface area contributed by atoms with Crippen LogP contribution in [0.1, 0.15) is 18.4 Å². The summed E-state index contributed by atoms with van der Waals surface area (Å²) in [6.07, 6.45) is 1.43. The molecule has 0 unspecified atom stereocenters. The molecule has 0 amide bonds. The molecule has 0 saturated heterocycles. The van der Waals surface area contributed by atoms with Gasteiger partial charge in [0.25, 0.3) is 0 Å². The molecule has 0 aliphatic rings. The van der Waals surface area contributed by atoms with Gasteiger partial charge in [0.2, 0.25) is 10.0 Å². The van der Waals surface area contributed by atoms with E-state index in [1.54, 1.807) is 0 Å². The van der Waals surface area contributed by atoms with Crippen molar-refractivity contribution in [3.05, 3.63) is 29.6 Å². The molecule has 0 bridgehead atoms. The van der Waals surface area contributed by atoms with Crippen molar-refractivity contribution in [1.82, 2.24) is 4.72 Å². The minimum absolute atomic E-state index is 0. The van der Waals surface area contributed by atoms with Crippen LogP contribution < -0.4 is 10.5 Å². The normalized spacial score (nSPS) is 11.1. The molecule has 4 nitrogen and oxygen atoms in total. The maximum Gasteiger partial charge on any atom is 0.240 e. The molecule has 0 radical (unpaired) electrons. The monoisotopic (exact) mass is 296 g/mol. The van der Waals surface area contributed by atoms with Crippen molar-refractivity contribution < 1.29 is 12.8 Å². The highest BCUT2D eigenvalue weighted by Gasteiger charge is 2.17. The Labute approximate surface area is 113 Å². The first-order valence-electron chi connectivity index (χ1n) is 5.44. The summed E-state index contributed by atoms with van der Waals surface area (Å²) in [5.41, 5.74) is 5.44. The van der Waals surface area contributed by atoms with Gasteiger partial charge < -0.3 is 5.73 Å². The summed E-state index contributed by atoms with van der Waals surface area (Å²) >= 11 is 0. The SMILES string of the molecule is Cc1c(F)cccc1S(=O)(=O)NCCCCN.Cl. The number of benzene rings is 1. The number of rotatable bonds is 6. The van der Waals surface area contributed by atoms with Crippen molar-refractivity contribution in [3.8, 4) is 0 Å². The van der Waals surface area contributed by atoms with E-state index in [1.165, 1.54) is 25.1 Å². The lowest BCUT2D eigenvalue weighted by molar-refractivity contribution is 0.571. The van der Waals surface area contributed by atoms with Crippen LogP contribution in [0.15, 0.2) is 23.1 Å². The van der Waals surface area contributed by atoms with Crippen molar-refractivity contribution in [2.75, 3.05) is 13.1 Å². The van der Waals surface area contributed by atoms with Crippen LogP contribution in [-0.4, -0.2) is 21.5 Å². The molecule has 0 heterocycles. The van der Waals surface area contributed by atoms with E-state index in [9.17, 15) is 12.8 Å². The van der Waals surface area contributed by atoms with Crippen LogP contribution in [0.25, 0.3) is 0 Å². The molecule has 18 heavy (non-hydrogen) atoms. The second-order valence-corrected chi connectivity index (χ2v) is 5.49. The average molecular weight is 297 g/mol. The lowest BCUT2D eigenvalue weighted by atomic mass is 10.2. The van der Waals surface area contributed by atoms with Gasteiger partial charge in [-0.15, -0.1) is 12.4 Å². The zero-order valence-electron chi connectivity index (χ0n) is 10.1. The number of hydrogen-bond acceptors (Lipinski definition) is 3. The molecule has 1 aromatic rings. The fourth-order valence-corrected chi connectivity index (χ4v) is 2.76. The van der Waals surface area contributed by atoms with E-state index in [-0.39, 0.29) is 22.9 Å². The number of halogens is 2. The van der Waals surface area contributed by atoms with Crippen molar-refractivity contribution in [3.63, 3.8) is 0 Å². The van der Waals surface area contributed by atoms with Gasteiger partial charge >= 0.3 is 0 Å². The summed E-state index contributed by atoms with van der Waals surface area (Å²) < 4.78 is 39.4. The number of unbranched alkanes of at least 4 members (excludes halogenated alkanes) is 1. The molecule has 0 atom stereocenters. The molecule has 0 aliphatic carbocycles. The van der Waals surface area contributed by atoms with Gasteiger partial charge in [-0.05, 0) is 38.4 Å². The van der Waals surface area contributed by atoms with Gasteiger partial charge in [0.15, 0.2) is 0 Å². The fourth-order valence-electron chi connectivity index (χ4n) is 1.43. The Morgan fingerprint density at radius 3 is 2.61 bits per heavy atom. The predicted molar refractivity (Wildman–Crippen MR) is 71.9 cm³/mol. The Bertz CT molecular complexity index is 480. The maximum absolute atomic E-state index is 13.2. The van der Waals surface area contributed by atoms with Gasteiger partial charge in [-0.1, -0.05) is 6.07 Å². The van der Waals surface area contributed by atoms with E-state index >= 15 is 0 Å². The lowest BCUT2D eigenvalue weighted by Gasteiger charge is -2.09. The summed E-state index contributed by atoms with van der Waals surface area (Å²) in [7, 11) is -3.62. The van der Waals surface area contributed by atoms with Gasteiger partial charge in [0.1, 0.15) is 5.82 Å². The standard InChI is InChI=1S/C11H17FN2O2S.ClH/c1-9-10(12)5-4-6-11(9)17(15,16)14-8-3-2-7-13;/h4-6,14H,2-3,7-8,13H2,1H3;1H. The highest BCUT2D eigenvalue weighted by atomic mass is 35.5. The van der Waals surface area contributed by atoms with E-state index in [0.717, 1.165) is 6.42 Å². The summed E-state index contributed by atoms with van der Waals surface area (Å²) in [6, 6.07) is 4.02. The molecule has 3 N–H and O–H groups in total. The highest BCUT2D eigenvalue weighted by Crippen LogP contribution is 2.17. The number of nitrogens with one attached hydrogen (secondary N) is 1. The van der Waals surface area contributed by atoms with Crippen molar-refractivity contribution in [2.45, 2.75) is 24.7 Å². The van der Waals surface area contributed by atoms with Crippen LogP contribution in [0.3, 0.4) is 0 Å². The van der Waals surface area contributed by atoms with Crippen molar-refractivity contribution >= 4 is 22.4 Å². The molecular formula is C11H18ClFN2O2S. The second-order valence-electron chi connectivity index (χ2n) is 3.76. The maximum atomic E-state index is 13.2. The molecule has 0 fully saturated rings. The van der Waals surface area contributed by atoms with E-state index in [0.29, 0.717) is 19.5 Å². The zero-order chi connectivity index (χ0) is 12.9. The zero-order valence-corrected chi connectivity index (χ0v) is 11.8. The number of nitrogens with two attached hydrogens (primary N) is 1. The van der Waals surface area contributed by atoms with Gasteiger partial charge in [0.05, 0.1) is 4.90 Å². The highest BCUT2D eigenvalue weighted by molar-refractivity contribution is 7.89. The Balaban J connectivity index is 0.00000289. The van der Waals surface area contributed by atoms with E-state index in [2.05, 4.69) is 4.72 Å². The van der Waals surface area contributed by atoms with Gasteiger partial charge in [-0.25, -0.2) is 17.5 Å². The lowest BCUT2D eigenvalue weighted by Crippen LogP contribution is -2.26. The van der Waals surface area contributed by atoms with E-state index < -0.39 is 15.8 Å². The van der Waals surface area contributed by atoms with E-state index in [1.807, 2.05) is 0 Å². The Morgan fingerprint density at radius 1 is 1.33 bits per heavy atom. The molecular weight excluding hydrogens is 279 g/mol. The predicted octanol–water partition coefficient (Wildman–Crippen LogP) is 1.57. The molecule has 0 spiro atoms. The molecule has 0 saturated carbocycles. The summed E-state index contributed by atoms with van der Waals surface area (Å²) in [4.78, 5) is -0.00903. The van der Waals surface area contributed by atoms with Crippen LogP contribution in [0.4, 0.5) is 4.39 Å². The third-order valence-electron chi connectivity index (χ3n) is 2.43. The topological polar surface area (TPSA) is 72.2 Å². The minimum atomic E-state index is -3.62. The fraction of sp³-hybridized carbons (Fsp3) is 0.455. The first kappa shape index (κ1) is 17.3. The van der Waals surface area contributed by atoms with E-state index in [4.69, 9.17) is 5.73 Å². The third-order valence-corrected chi connectivity index (χ3v) is 4.04. The number of sulfonamides is 1. The van der Waals surface area contributed by atoms with Gasteiger partial charge in [-0.2, -0.15) is 0 Å². The summed E-state index contributed by atoms with van der Waals surface area (Å²) in [6.45, 7) is 2.29. The molecule has 1 aromatic carbocycles. The number of hydrogen-bond donors (Lipinski definition) is 2. The van der Waals surface area contributed by atoms with Crippen molar-refractivity contribution in [2.24, 2.45) is 5.73 Å². The molecule has 1 rings (SSSR count). The Morgan fingerprint density at radius 2 is 2.00 bits per heavy atom. The molecule has 7 heteroatoms. The molecule has 104 valence electrons. The molecule has 0 aromatic heterocycles. The second kappa shape index (κ2) is 7.68. The van der Waals surface area contributed by atoms with Gasteiger partial charge in [0, 0.05) is 12.1 Å². The first-order chi connectivity index (χ1) is 7.99. The van der Waals surface area contributed by atoms with Crippen LogP contribution in [0.5, 0.6) is 0 Å². The van der Waals surface area contributed by atoms with Crippen LogP contribution >= 0.6 is 12.4 Å². The molecule has 0 aliphatic heterocycles. The van der Waals surface area contributed by atoms with Crippen LogP contribution in [0.2, 0.25) is 0 Å². The van der Waals surface area contributed by atoms with Crippen LogP contribution in [-0.2, 0) is 10.0 Å². The minimum Gasteiger partial charge on any atom is -0.330 e. The summed E-state index contributed by atoms with van der Waals surface area (Å²) in [5, 5.41) is 0. The quantitative estimate of drug-likeness (QED) is 0.783. The third kappa shape index (κ3) is 4.53. The van der Waals surface area contributed by atoms with Crippen molar-refractivity contribution in [1.29, 1.82) is 0 Å². The largest absolute Gasteiger partial charge is 0.330 e. The average Bonchev–Trinajstić information content (AvgIpc) is 2.28.